The molecule has 25 heavy (non-hydrogen) atoms. The molecule has 1 heterocycles. The molecule has 0 spiro atoms. The summed E-state index contributed by atoms with van der Waals surface area (Å²) < 4.78 is 5.44. The van der Waals surface area contributed by atoms with Gasteiger partial charge in [0.05, 0.1) is 10.0 Å². The Morgan fingerprint density at radius 2 is 1.76 bits per heavy atom. The molecule has 0 radical (unpaired) electrons. The van der Waals surface area contributed by atoms with Crippen LogP contribution in [0.3, 0.4) is 0 Å². The highest BCUT2D eigenvalue weighted by Gasteiger charge is 2.23. The van der Waals surface area contributed by atoms with Crippen LogP contribution in [0.15, 0.2) is 48.5 Å². The summed E-state index contributed by atoms with van der Waals surface area (Å²) in [6.07, 6.45) is 1.97. The van der Waals surface area contributed by atoms with Crippen molar-refractivity contribution < 1.29 is 9.53 Å². The van der Waals surface area contributed by atoms with Crippen molar-refractivity contribution >= 4 is 29.1 Å². The van der Waals surface area contributed by atoms with Crippen LogP contribution in [0, 0.1) is 5.92 Å². The van der Waals surface area contributed by atoms with Gasteiger partial charge in [0.2, 0.25) is 0 Å². The fourth-order valence-electron chi connectivity index (χ4n) is 3.08. The SMILES string of the molecule is O=C(c1ccc(Cl)c(Cl)c1)N(Cc1ccccc1)CC1CCOCC1. The van der Waals surface area contributed by atoms with E-state index >= 15 is 0 Å². The predicted octanol–water partition coefficient (Wildman–Crippen LogP) is 5.06. The zero-order chi connectivity index (χ0) is 17.6. The number of benzene rings is 2. The summed E-state index contributed by atoms with van der Waals surface area (Å²) in [5.41, 5.74) is 1.68. The molecule has 0 aliphatic carbocycles. The highest BCUT2D eigenvalue weighted by Crippen LogP contribution is 2.25. The first-order chi connectivity index (χ1) is 12.1. The average Bonchev–Trinajstić information content (AvgIpc) is 2.64. The van der Waals surface area contributed by atoms with Crippen LogP contribution in [0.2, 0.25) is 10.0 Å². The first-order valence-corrected chi connectivity index (χ1v) is 9.25. The van der Waals surface area contributed by atoms with E-state index in [1.165, 1.54) is 0 Å². The molecule has 3 nitrogen and oxygen atoms in total. The average molecular weight is 378 g/mol. The van der Waals surface area contributed by atoms with Crippen molar-refractivity contribution in [2.24, 2.45) is 5.92 Å². The van der Waals surface area contributed by atoms with Crippen LogP contribution in [0.1, 0.15) is 28.8 Å². The summed E-state index contributed by atoms with van der Waals surface area (Å²) in [5, 5.41) is 0.857. The number of rotatable bonds is 5. The summed E-state index contributed by atoms with van der Waals surface area (Å²) in [6, 6.07) is 15.1. The van der Waals surface area contributed by atoms with Crippen LogP contribution in [-0.4, -0.2) is 30.6 Å². The fraction of sp³-hybridized carbons (Fsp3) is 0.350. The molecule has 0 atom stereocenters. The second kappa shape index (κ2) is 8.70. The second-order valence-electron chi connectivity index (χ2n) is 6.36. The maximum Gasteiger partial charge on any atom is 0.254 e. The number of nitrogens with zero attached hydrogens (tertiary/aromatic N) is 1. The van der Waals surface area contributed by atoms with E-state index in [1.807, 2.05) is 35.2 Å². The van der Waals surface area contributed by atoms with Gasteiger partial charge in [0.1, 0.15) is 0 Å². The Bertz CT molecular complexity index is 715. The van der Waals surface area contributed by atoms with Crippen LogP contribution < -0.4 is 0 Å². The standard InChI is InChI=1S/C20H21Cl2NO2/c21-18-7-6-17(12-19(18)22)20(24)23(13-15-4-2-1-3-5-15)14-16-8-10-25-11-9-16/h1-7,12,16H,8-11,13-14H2. The molecule has 2 aromatic carbocycles. The number of amides is 1. The Balaban J connectivity index is 1.80. The van der Waals surface area contributed by atoms with E-state index in [1.54, 1.807) is 18.2 Å². The molecule has 0 N–H and O–H groups in total. The van der Waals surface area contributed by atoms with E-state index in [4.69, 9.17) is 27.9 Å². The third-order valence-corrected chi connectivity index (χ3v) is 5.23. The second-order valence-corrected chi connectivity index (χ2v) is 7.17. The molecule has 0 saturated carbocycles. The van der Waals surface area contributed by atoms with Crippen molar-refractivity contribution in [1.29, 1.82) is 0 Å². The normalized spacial score (nSPS) is 15.1. The molecule has 5 heteroatoms. The highest BCUT2D eigenvalue weighted by atomic mass is 35.5. The molecule has 1 amide bonds. The molecule has 1 saturated heterocycles. The van der Waals surface area contributed by atoms with Gasteiger partial charge in [0.15, 0.2) is 0 Å². The molecule has 132 valence electrons. The van der Waals surface area contributed by atoms with Crippen molar-refractivity contribution in [3.05, 3.63) is 69.7 Å². The molecule has 0 unspecified atom stereocenters. The lowest BCUT2D eigenvalue weighted by molar-refractivity contribution is 0.0446. The minimum Gasteiger partial charge on any atom is -0.381 e. The number of ether oxygens (including phenoxy) is 1. The lowest BCUT2D eigenvalue weighted by Crippen LogP contribution is -2.36. The molecule has 0 aromatic heterocycles. The van der Waals surface area contributed by atoms with E-state index in [2.05, 4.69) is 0 Å². The lowest BCUT2D eigenvalue weighted by atomic mass is 9.99. The van der Waals surface area contributed by atoms with Crippen LogP contribution in [0.25, 0.3) is 0 Å². The van der Waals surface area contributed by atoms with Crippen LogP contribution in [0.4, 0.5) is 0 Å². The summed E-state index contributed by atoms with van der Waals surface area (Å²) >= 11 is 12.1. The Kier molecular flexibility index (Phi) is 6.35. The van der Waals surface area contributed by atoms with Gasteiger partial charge in [-0.3, -0.25) is 4.79 Å². The van der Waals surface area contributed by atoms with Gasteiger partial charge in [-0.1, -0.05) is 53.5 Å². The molecule has 3 rings (SSSR count). The lowest BCUT2D eigenvalue weighted by Gasteiger charge is -2.30. The molecule has 2 aromatic rings. The van der Waals surface area contributed by atoms with E-state index in [0.29, 0.717) is 28.1 Å². The van der Waals surface area contributed by atoms with Crippen LogP contribution in [-0.2, 0) is 11.3 Å². The first-order valence-electron chi connectivity index (χ1n) is 8.49. The highest BCUT2D eigenvalue weighted by molar-refractivity contribution is 6.42. The molecular weight excluding hydrogens is 357 g/mol. The number of carbonyl (C=O) groups excluding carboxylic acids is 1. The van der Waals surface area contributed by atoms with E-state index < -0.39 is 0 Å². The summed E-state index contributed by atoms with van der Waals surface area (Å²) in [4.78, 5) is 15.0. The smallest absolute Gasteiger partial charge is 0.254 e. The van der Waals surface area contributed by atoms with Gasteiger partial charge in [-0.2, -0.15) is 0 Å². The van der Waals surface area contributed by atoms with E-state index in [-0.39, 0.29) is 5.91 Å². The van der Waals surface area contributed by atoms with Gasteiger partial charge in [0.25, 0.3) is 5.91 Å². The minimum atomic E-state index is -0.0195. The Morgan fingerprint density at radius 1 is 1.04 bits per heavy atom. The summed E-state index contributed by atoms with van der Waals surface area (Å²) in [5.74, 6) is 0.443. The molecule has 1 aliphatic rings. The topological polar surface area (TPSA) is 29.5 Å². The van der Waals surface area contributed by atoms with Crippen LogP contribution >= 0.6 is 23.2 Å². The van der Waals surface area contributed by atoms with Gasteiger partial charge in [-0.25, -0.2) is 0 Å². The van der Waals surface area contributed by atoms with Crippen molar-refractivity contribution in [3.8, 4) is 0 Å². The third-order valence-electron chi connectivity index (χ3n) is 4.49. The molecular formula is C20H21Cl2NO2. The number of halogens is 2. The maximum atomic E-state index is 13.1. The third kappa shape index (κ3) is 4.97. The zero-order valence-corrected chi connectivity index (χ0v) is 15.5. The minimum absolute atomic E-state index is 0.0195. The number of hydrogen-bond donors (Lipinski definition) is 0. The largest absolute Gasteiger partial charge is 0.381 e. The Hall–Kier alpha value is -1.55. The maximum absolute atomic E-state index is 13.1. The van der Waals surface area contributed by atoms with Crippen molar-refractivity contribution in [2.75, 3.05) is 19.8 Å². The van der Waals surface area contributed by atoms with Crippen LogP contribution in [0.5, 0.6) is 0 Å². The van der Waals surface area contributed by atoms with Crippen molar-refractivity contribution in [3.63, 3.8) is 0 Å². The van der Waals surface area contributed by atoms with Crippen molar-refractivity contribution in [1.82, 2.24) is 4.90 Å². The molecule has 1 fully saturated rings. The predicted molar refractivity (Wildman–Crippen MR) is 101 cm³/mol. The van der Waals surface area contributed by atoms with Crippen molar-refractivity contribution in [2.45, 2.75) is 19.4 Å². The van der Waals surface area contributed by atoms with Gasteiger partial charge in [0, 0.05) is 31.9 Å². The number of hydrogen-bond acceptors (Lipinski definition) is 2. The summed E-state index contributed by atoms with van der Waals surface area (Å²) in [6.45, 7) is 2.84. The quantitative estimate of drug-likeness (QED) is 0.728. The van der Waals surface area contributed by atoms with E-state index in [9.17, 15) is 4.79 Å². The van der Waals surface area contributed by atoms with Gasteiger partial charge in [-0.15, -0.1) is 0 Å². The van der Waals surface area contributed by atoms with E-state index in [0.717, 1.165) is 38.2 Å². The molecule has 0 bridgehead atoms. The first kappa shape index (κ1) is 18.2. The Morgan fingerprint density at radius 3 is 2.44 bits per heavy atom. The summed E-state index contributed by atoms with van der Waals surface area (Å²) in [7, 11) is 0. The van der Waals surface area contributed by atoms with Gasteiger partial charge >= 0.3 is 0 Å². The zero-order valence-electron chi connectivity index (χ0n) is 14.0. The number of carbonyl (C=O) groups is 1. The monoisotopic (exact) mass is 377 g/mol. The fourth-order valence-corrected chi connectivity index (χ4v) is 3.37. The molecule has 1 aliphatic heterocycles. The van der Waals surface area contributed by atoms with Gasteiger partial charge in [-0.05, 0) is 42.5 Å². The Labute approximate surface area is 158 Å². The van der Waals surface area contributed by atoms with Gasteiger partial charge < -0.3 is 9.64 Å².